The second-order valence-electron chi connectivity index (χ2n) is 13.2. The highest BCUT2D eigenvalue weighted by Gasteiger charge is 2.42. The van der Waals surface area contributed by atoms with E-state index >= 15 is 0 Å². The van der Waals surface area contributed by atoms with Gasteiger partial charge in [-0.2, -0.15) is 13.2 Å². The van der Waals surface area contributed by atoms with Crippen LogP contribution in [0.25, 0.3) is 5.57 Å². The van der Waals surface area contributed by atoms with E-state index in [0.717, 1.165) is 59.2 Å². The van der Waals surface area contributed by atoms with Gasteiger partial charge >= 0.3 is 18.2 Å². The van der Waals surface area contributed by atoms with Gasteiger partial charge in [0.05, 0.1) is 17.0 Å². The summed E-state index contributed by atoms with van der Waals surface area (Å²) in [5.41, 5.74) is 4.45. The number of carboxylic acids is 1. The Balaban J connectivity index is 1.69. The van der Waals surface area contributed by atoms with Crippen molar-refractivity contribution in [2.75, 3.05) is 6.54 Å². The van der Waals surface area contributed by atoms with Crippen LogP contribution in [0.4, 0.5) is 18.0 Å². The summed E-state index contributed by atoms with van der Waals surface area (Å²) in [7, 11) is 0. The van der Waals surface area contributed by atoms with Gasteiger partial charge in [0, 0.05) is 6.54 Å². The first-order chi connectivity index (χ1) is 18.9. The van der Waals surface area contributed by atoms with E-state index in [4.69, 9.17) is 4.74 Å². The molecule has 41 heavy (non-hydrogen) atoms. The molecule has 1 aliphatic heterocycles. The van der Waals surface area contributed by atoms with Gasteiger partial charge in [-0.1, -0.05) is 43.7 Å². The van der Waals surface area contributed by atoms with Crippen LogP contribution in [-0.2, 0) is 22.1 Å². The maximum absolute atomic E-state index is 13.5. The number of allylic oxidation sites excluding steroid dienone is 1. The second-order valence-corrected chi connectivity index (χ2v) is 13.2. The molecule has 0 aromatic heterocycles. The van der Waals surface area contributed by atoms with E-state index in [1.54, 1.807) is 31.7 Å². The van der Waals surface area contributed by atoms with Crippen molar-refractivity contribution in [3.8, 4) is 0 Å². The predicted molar refractivity (Wildman–Crippen MR) is 152 cm³/mol. The normalized spacial score (nSPS) is 21.3. The van der Waals surface area contributed by atoms with Crippen molar-refractivity contribution >= 4 is 17.6 Å². The smallest absolute Gasteiger partial charge is 0.416 e. The Morgan fingerprint density at radius 1 is 1.12 bits per heavy atom. The van der Waals surface area contributed by atoms with Crippen LogP contribution >= 0.6 is 0 Å². The number of aliphatic carboxylic acids is 1. The lowest BCUT2D eigenvalue weighted by Crippen LogP contribution is -2.35. The number of carbonyl (C=O) groups is 2. The Morgan fingerprint density at radius 3 is 2.44 bits per heavy atom. The number of amides is 1. The maximum Gasteiger partial charge on any atom is 0.416 e. The average molecular weight is 572 g/mol. The highest BCUT2D eigenvalue weighted by molar-refractivity contribution is 5.77. The number of carboxylic acid groups (broad SMARTS) is 1. The van der Waals surface area contributed by atoms with E-state index < -0.39 is 41.4 Å². The number of hydrogen-bond donors (Lipinski definition) is 1. The molecule has 222 valence electrons. The average Bonchev–Trinajstić information content (AvgIpc) is 3.12. The number of rotatable bonds is 7. The standard InChI is InChI=1S/C33H40F3NO4/c1-19-12-23(15-25(13-19)33(34,35)36)28-21(3)37(30(40)41-28)18-24-17-31(4,5)11-10-26(24)27-14-22(9-8-20(27)2)16-32(6,7)29(38)39/h8-9,12-15,21,28H,10-11,16-18H2,1-7H3,(H,38,39)/t21-,28-/m0/s1. The van der Waals surface area contributed by atoms with Crippen LogP contribution < -0.4 is 0 Å². The van der Waals surface area contributed by atoms with E-state index in [9.17, 15) is 27.9 Å². The number of nitrogens with zero attached hydrogens (tertiary/aromatic N) is 1. The first-order valence-corrected chi connectivity index (χ1v) is 14.1. The van der Waals surface area contributed by atoms with Gasteiger partial charge in [-0.05, 0) is 111 Å². The maximum atomic E-state index is 13.5. The van der Waals surface area contributed by atoms with Gasteiger partial charge in [-0.25, -0.2) is 4.79 Å². The molecular formula is C33H40F3NO4. The highest BCUT2D eigenvalue weighted by atomic mass is 19.4. The van der Waals surface area contributed by atoms with Crippen molar-refractivity contribution in [2.45, 2.75) is 92.5 Å². The SMILES string of the molecule is Cc1cc([C@H]2OC(=O)N(CC3=C(c4cc(CC(C)(C)C(=O)O)ccc4C)CCC(C)(C)C3)[C@H]2C)cc(C(F)(F)F)c1. The van der Waals surface area contributed by atoms with Crippen LogP contribution in [-0.4, -0.2) is 34.7 Å². The van der Waals surface area contributed by atoms with E-state index in [2.05, 4.69) is 19.9 Å². The zero-order valence-corrected chi connectivity index (χ0v) is 24.9. The minimum atomic E-state index is -4.49. The van der Waals surface area contributed by atoms with Gasteiger partial charge in [0.15, 0.2) is 0 Å². The van der Waals surface area contributed by atoms with Crippen LogP contribution in [0.3, 0.4) is 0 Å². The lowest BCUT2D eigenvalue weighted by Gasteiger charge is -2.36. The molecule has 4 rings (SSSR count). The molecule has 2 aromatic carbocycles. The summed E-state index contributed by atoms with van der Waals surface area (Å²) >= 11 is 0. The number of hydrogen-bond acceptors (Lipinski definition) is 3. The molecule has 0 spiro atoms. The van der Waals surface area contributed by atoms with Crippen molar-refractivity contribution in [3.63, 3.8) is 0 Å². The topological polar surface area (TPSA) is 66.8 Å². The molecule has 0 saturated carbocycles. The molecule has 1 saturated heterocycles. The molecule has 0 radical (unpaired) electrons. The Kier molecular flexibility index (Phi) is 8.11. The van der Waals surface area contributed by atoms with E-state index in [-0.39, 0.29) is 5.41 Å². The Labute approximate surface area is 240 Å². The van der Waals surface area contributed by atoms with Gasteiger partial charge < -0.3 is 9.84 Å². The lowest BCUT2D eigenvalue weighted by molar-refractivity contribution is -0.146. The number of benzene rings is 2. The molecule has 1 N–H and O–H groups in total. The van der Waals surface area contributed by atoms with Gasteiger partial charge in [-0.15, -0.1) is 0 Å². The summed E-state index contributed by atoms with van der Waals surface area (Å²) in [5.74, 6) is -0.856. The number of alkyl halides is 3. The van der Waals surface area contributed by atoms with Crippen molar-refractivity contribution in [1.82, 2.24) is 4.90 Å². The third-order valence-electron chi connectivity index (χ3n) is 8.53. The van der Waals surface area contributed by atoms with Crippen molar-refractivity contribution in [2.24, 2.45) is 10.8 Å². The van der Waals surface area contributed by atoms with Crippen molar-refractivity contribution in [3.05, 3.63) is 75.4 Å². The summed E-state index contributed by atoms with van der Waals surface area (Å²) in [4.78, 5) is 26.5. The highest BCUT2D eigenvalue weighted by Crippen LogP contribution is 2.45. The first-order valence-electron chi connectivity index (χ1n) is 14.1. The molecule has 1 amide bonds. The fourth-order valence-electron chi connectivity index (χ4n) is 6.09. The van der Waals surface area contributed by atoms with Gasteiger partial charge in [0.25, 0.3) is 0 Å². The molecule has 1 fully saturated rings. The molecule has 5 nitrogen and oxygen atoms in total. The number of carbonyl (C=O) groups excluding carboxylic acids is 1. The summed E-state index contributed by atoms with van der Waals surface area (Å²) < 4.78 is 46.2. The monoisotopic (exact) mass is 571 g/mol. The summed E-state index contributed by atoms with van der Waals surface area (Å²) in [6, 6.07) is 9.42. The number of aryl methyl sites for hydroxylation is 2. The van der Waals surface area contributed by atoms with Gasteiger partial charge in [0.2, 0.25) is 0 Å². The number of cyclic esters (lactones) is 1. The Hall–Kier alpha value is -3.29. The lowest BCUT2D eigenvalue weighted by atomic mass is 9.72. The zero-order valence-electron chi connectivity index (χ0n) is 24.9. The molecule has 0 bridgehead atoms. The van der Waals surface area contributed by atoms with Crippen molar-refractivity contribution in [1.29, 1.82) is 0 Å². The molecule has 2 aromatic rings. The van der Waals surface area contributed by atoms with Crippen LogP contribution in [0, 0.1) is 24.7 Å². The number of halogens is 3. The fraction of sp³-hybridized carbons (Fsp3) is 0.515. The largest absolute Gasteiger partial charge is 0.481 e. The second kappa shape index (κ2) is 10.8. The first kappa shape index (κ1) is 30.7. The van der Waals surface area contributed by atoms with Gasteiger partial charge in [-0.3, -0.25) is 9.69 Å². The number of ether oxygens (including phenoxy) is 1. The van der Waals surface area contributed by atoms with E-state index in [1.165, 1.54) is 0 Å². The van der Waals surface area contributed by atoms with Gasteiger partial charge in [0.1, 0.15) is 6.10 Å². The molecule has 2 aliphatic rings. The summed E-state index contributed by atoms with van der Waals surface area (Å²) in [5, 5.41) is 9.64. The van der Waals surface area contributed by atoms with Crippen LogP contribution in [0.15, 0.2) is 42.0 Å². The molecule has 1 aliphatic carbocycles. The Morgan fingerprint density at radius 2 is 1.80 bits per heavy atom. The van der Waals surface area contributed by atoms with Crippen LogP contribution in [0.5, 0.6) is 0 Å². The molecule has 2 atom stereocenters. The molecule has 0 unspecified atom stereocenters. The minimum absolute atomic E-state index is 0.0140. The molecule has 1 heterocycles. The minimum Gasteiger partial charge on any atom is -0.481 e. The third-order valence-corrected chi connectivity index (χ3v) is 8.53. The molecule has 8 heteroatoms. The van der Waals surface area contributed by atoms with Crippen LogP contribution in [0.2, 0.25) is 0 Å². The third kappa shape index (κ3) is 6.62. The van der Waals surface area contributed by atoms with Crippen LogP contribution in [0.1, 0.15) is 93.4 Å². The van der Waals surface area contributed by atoms with E-state index in [1.807, 2.05) is 26.0 Å². The van der Waals surface area contributed by atoms with E-state index in [0.29, 0.717) is 24.1 Å². The quantitative estimate of drug-likeness (QED) is 0.362. The predicted octanol–water partition coefficient (Wildman–Crippen LogP) is 8.52. The fourth-order valence-corrected chi connectivity index (χ4v) is 6.09. The molecular weight excluding hydrogens is 531 g/mol. The summed E-state index contributed by atoms with van der Waals surface area (Å²) in [6.45, 7) is 13.6. The zero-order chi connectivity index (χ0) is 30.5. The summed E-state index contributed by atoms with van der Waals surface area (Å²) in [6.07, 6.45) is -2.93. The Bertz CT molecular complexity index is 1390. The van der Waals surface area contributed by atoms with Crippen molar-refractivity contribution < 1.29 is 32.6 Å².